The zero-order valence-corrected chi connectivity index (χ0v) is 11.2. The molecule has 4 amide bonds. The average Bonchev–Trinajstić information content (AvgIpc) is 2.69. The summed E-state index contributed by atoms with van der Waals surface area (Å²) in [6.45, 7) is 0. The Morgan fingerprint density at radius 3 is 2.48 bits per heavy atom. The number of hydrogen-bond acceptors (Lipinski definition) is 5. The van der Waals surface area contributed by atoms with Crippen molar-refractivity contribution in [3.63, 3.8) is 0 Å². The van der Waals surface area contributed by atoms with E-state index in [0.717, 1.165) is 9.80 Å². The first kappa shape index (κ1) is 13.3. The van der Waals surface area contributed by atoms with Gasteiger partial charge in [-0.15, -0.1) is 0 Å². The van der Waals surface area contributed by atoms with Gasteiger partial charge < -0.3 is 5.11 Å². The van der Waals surface area contributed by atoms with Crippen molar-refractivity contribution < 1.29 is 24.3 Å². The number of fused-ring (bicyclic) bond motifs is 1. The molecule has 0 aliphatic carbocycles. The Hall–Kier alpha value is -2.70. The van der Waals surface area contributed by atoms with Gasteiger partial charge in [0.25, 0.3) is 17.7 Å². The first-order valence-electron chi connectivity index (χ1n) is 6.43. The first-order chi connectivity index (χ1) is 9.91. The SMILES string of the molecule is CN1C(=O)CC[C@H](N2C(=O)c3ccc(O)cc3C2=O)C1=O. The van der Waals surface area contributed by atoms with Crippen LogP contribution in [0.25, 0.3) is 0 Å². The van der Waals surface area contributed by atoms with E-state index in [1.54, 1.807) is 0 Å². The minimum Gasteiger partial charge on any atom is -0.508 e. The number of phenolic OH excluding ortho intramolecular Hbond substituents is 1. The van der Waals surface area contributed by atoms with Crippen LogP contribution in [0.2, 0.25) is 0 Å². The zero-order chi connectivity index (χ0) is 15.3. The lowest BCUT2D eigenvalue weighted by Crippen LogP contribution is -2.54. The molecule has 1 fully saturated rings. The van der Waals surface area contributed by atoms with Gasteiger partial charge in [0.15, 0.2) is 0 Å². The van der Waals surface area contributed by atoms with Crippen LogP contribution in [0.5, 0.6) is 5.75 Å². The van der Waals surface area contributed by atoms with E-state index in [1.807, 2.05) is 0 Å². The number of nitrogens with zero attached hydrogens (tertiary/aromatic N) is 2. The maximum Gasteiger partial charge on any atom is 0.262 e. The van der Waals surface area contributed by atoms with Gasteiger partial charge in [-0.05, 0) is 24.6 Å². The number of benzene rings is 1. The quantitative estimate of drug-likeness (QED) is 0.741. The van der Waals surface area contributed by atoms with Gasteiger partial charge in [0, 0.05) is 13.5 Å². The molecule has 2 aliphatic rings. The molecule has 1 aromatic carbocycles. The highest BCUT2D eigenvalue weighted by atomic mass is 16.3. The molecule has 1 aromatic rings. The van der Waals surface area contributed by atoms with Crippen LogP contribution in [0.15, 0.2) is 18.2 Å². The standard InChI is InChI=1S/C14H12N2O5/c1-15-11(18)5-4-10(14(15)21)16-12(19)8-3-2-7(17)6-9(8)13(16)20/h2-3,6,10,17H,4-5H2,1H3/t10-/m0/s1. The van der Waals surface area contributed by atoms with E-state index < -0.39 is 23.8 Å². The lowest BCUT2D eigenvalue weighted by Gasteiger charge is -2.32. The molecule has 0 bridgehead atoms. The van der Waals surface area contributed by atoms with Crippen LogP contribution >= 0.6 is 0 Å². The second-order valence-corrected chi connectivity index (χ2v) is 5.06. The van der Waals surface area contributed by atoms with Gasteiger partial charge in [0.05, 0.1) is 11.1 Å². The van der Waals surface area contributed by atoms with Crippen molar-refractivity contribution in [2.24, 2.45) is 0 Å². The van der Waals surface area contributed by atoms with E-state index in [9.17, 15) is 24.3 Å². The summed E-state index contributed by atoms with van der Waals surface area (Å²) in [6.07, 6.45) is 0.227. The maximum atomic E-state index is 12.3. The lowest BCUT2D eigenvalue weighted by atomic mass is 10.0. The molecule has 1 N–H and O–H groups in total. The van der Waals surface area contributed by atoms with E-state index >= 15 is 0 Å². The normalized spacial score (nSPS) is 22.0. The van der Waals surface area contributed by atoms with Crippen molar-refractivity contribution in [3.8, 4) is 5.75 Å². The van der Waals surface area contributed by atoms with E-state index in [4.69, 9.17) is 0 Å². The molecule has 0 spiro atoms. The van der Waals surface area contributed by atoms with Crippen LogP contribution < -0.4 is 0 Å². The summed E-state index contributed by atoms with van der Waals surface area (Å²) in [5.74, 6) is -2.21. The van der Waals surface area contributed by atoms with Crippen LogP contribution in [-0.2, 0) is 9.59 Å². The van der Waals surface area contributed by atoms with Crippen molar-refractivity contribution in [1.82, 2.24) is 9.80 Å². The molecule has 7 heteroatoms. The molecule has 0 unspecified atom stereocenters. The predicted octanol–water partition coefficient (Wildman–Crippen LogP) is 0.136. The highest BCUT2D eigenvalue weighted by Crippen LogP contribution is 2.30. The third-order valence-electron chi connectivity index (χ3n) is 3.83. The molecular formula is C14H12N2O5. The Labute approximate surface area is 119 Å². The zero-order valence-electron chi connectivity index (χ0n) is 11.2. The number of rotatable bonds is 1. The number of likely N-dealkylation sites (N-methyl/N-ethyl adjacent to an activating group) is 1. The van der Waals surface area contributed by atoms with Gasteiger partial charge in [0.1, 0.15) is 11.8 Å². The minimum atomic E-state index is -0.970. The lowest BCUT2D eigenvalue weighted by molar-refractivity contribution is -0.149. The molecule has 2 aliphatic heterocycles. The summed E-state index contributed by atoms with van der Waals surface area (Å²) in [5.41, 5.74) is 0.234. The number of piperidine rings is 1. The molecule has 0 radical (unpaired) electrons. The maximum absolute atomic E-state index is 12.3. The van der Waals surface area contributed by atoms with E-state index in [-0.39, 0.29) is 35.6 Å². The van der Waals surface area contributed by atoms with Crippen molar-refractivity contribution in [3.05, 3.63) is 29.3 Å². The van der Waals surface area contributed by atoms with Crippen LogP contribution in [-0.4, -0.2) is 51.6 Å². The van der Waals surface area contributed by atoms with Crippen molar-refractivity contribution in [1.29, 1.82) is 0 Å². The van der Waals surface area contributed by atoms with Gasteiger partial charge >= 0.3 is 0 Å². The molecule has 7 nitrogen and oxygen atoms in total. The predicted molar refractivity (Wildman–Crippen MR) is 69.4 cm³/mol. The number of imide groups is 2. The summed E-state index contributed by atoms with van der Waals surface area (Å²) >= 11 is 0. The summed E-state index contributed by atoms with van der Waals surface area (Å²) in [7, 11) is 1.33. The monoisotopic (exact) mass is 288 g/mol. The molecular weight excluding hydrogens is 276 g/mol. The van der Waals surface area contributed by atoms with Gasteiger partial charge in [-0.1, -0.05) is 0 Å². The third kappa shape index (κ3) is 1.81. The number of likely N-dealkylation sites (tertiary alicyclic amines) is 1. The molecule has 1 atom stereocenters. The molecule has 1 saturated heterocycles. The fourth-order valence-electron chi connectivity index (χ4n) is 2.67. The summed E-state index contributed by atoms with van der Waals surface area (Å²) in [4.78, 5) is 50.1. The van der Waals surface area contributed by atoms with Crippen LogP contribution in [0.3, 0.4) is 0 Å². The Bertz CT molecular complexity index is 697. The fourth-order valence-corrected chi connectivity index (χ4v) is 2.67. The molecule has 3 rings (SSSR count). The number of phenols is 1. The Morgan fingerprint density at radius 1 is 1.10 bits per heavy atom. The van der Waals surface area contributed by atoms with Gasteiger partial charge in [-0.25, -0.2) is 0 Å². The fraction of sp³-hybridized carbons (Fsp3) is 0.286. The van der Waals surface area contributed by atoms with Gasteiger partial charge in [0.2, 0.25) is 5.91 Å². The smallest absolute Gasteiger partial charge is 0.262 e. The molecule has 108 valence electrons. The number of carbonyl (C=O) groups excluding carboxylic acids is 4. The Kier molecular flexibility index (Phi) is 2.79. The van der Waals surface area contributed by atoms with Crippen LogP contribution in [0.1, 0.15) is 33.6 Å². The first-order valence-corrected chi connectivity index (χ1v) is 6.43. The van der Waals surface area contributed by atoms with Crippen molar-refractivity contribution in [2.75, 3.05) is 7.05 Å². The Balaban J connectivity index is 1.98. The summed E-state index contributed by atoms with van der Waals surface area (Å²) < 4.78 is 0. The second kappa shape index (κ2) is 4.41. The van der Waals surface area contributed by atoms with Crippen molar-refractivity contribution >= 4 is 23.6 Å². The second-order valence-electron chi connectivity index (χ2n) is 5.06. The van der Waals surface area contributed by atoms with Crippen molar-refractivity contribution in [2.45, 2.75) is 18.9 Å². The average molecular weight is 288 g/mol. The van der Waals surface area contributed by atoms with E-state index in [0.29, 0.717) is 0 Å². The van der Waals surface area contributed by atoms with E-state index in [1.165, 1.54) is 25.2 Å². The molecule has 0 saturated carbocycles. The summed E-state index contributed by atoms with van der Waals surface area (Å²) in [6, 6.07) is 2.90. The van der Waals surface area contributed by atoms with Gasteiger partial charge in [-0.3, -0.25) is 29.0 Å². The number of amides is 4. The topological polar surface area (TPSA) is 95.0 Å². The Morgan fingerprint density at radius 2 is 1.76 bits per heavy atom. The summed E-state index contributed by atoms with van der Waals surface area (Å²) in [5, 5.41) is 9.42. The van der Waals surface area contributed by atoms with Crippen LogP contribution in [0, 0.1) is 0 Å². The molecule has 0 aromatic heterocycles. The number of aromatic hydroxyl groups is 1. The number of hydrogen-bond donors (Lipinski definition) is 1. The highest BCUT2D eigenvalue weighted by molar-refractivity contribution is 6.23. The molecule has 21 heavy (non-hydrogen) atoms. The van der Waals surface area contributed by atoms with Gasteiger partial charge in [-0.2, -0.15) is 0 Å². The largest absolute Gasteiger partial charge is 0.508 e. The molecule has 2 heterocycles. The minimum absolute atomic E-state index is 0.0763. The highest BCUT2D eigenvalue weighted by Gasteiger charge is 2.46. The number of carbonyl (C=O) groups is 4. The third-order valence-corrected chi connectivity index (χ3v) is 3.83. The van der Waals surface area contributed by atoms with Crippen LogP contribution in [0.4, 0.5) is 0 Å². The van der Waals surface area contributed by atoms with E-state index in [2.05, 4.69) is 0 Å².